The van der Waals surface area contributed by atoms with E-state index in [0.29, 0.717) is 5.56 Å². The van der Waals surface area contributed by atoms with Crippen LogP contribution in [0.1, 0.15) is 11.1 Å². The van der Waals surface area contributed by atoms with E-state index in [4.69, 9.17) is 0 Å². The monoisotopic (exact) mass is 204 g/mol. The Morgan fingerprint density at radius 1 is 1.31 bits per heavy atom. The highest BCUT2D eigenvalue weighted by Gasteiger charge is 2.23. The van der Waals surface area contributed by atoms with Crippen LogP contribution in [0.15, 0.2) is 18.2 Å². The van der Waals surface area contributed by atoms with Crippen LogP contribution in [0.3, 0.4) is 0 Å². The number of hydrogen-bond acceptors (Lipinski definition) is 1. The Balaban J connectivity index is 2.90. The summed E-state index contributed by atoms with van der Waals surface area (Å²) < 4.78 is 29.3. The molecule has 0 bridgehead atoms. The molecular weight excluding hydrogens is 193 g/mol. The highest BCUT2D eigenvalue weighted by atomic mass is 31.0. The van der Waals surface area contributed by atoms with Crippen LogP contribution in [0.25, 0.3) is 0 Å². The van der Waals surface area contributed by atoms with E-state index < -0.39 is 5.85 Å². The van der Waals surface area contributed by atoms with Gasteiger partial charge in [-0.25, -0.2) is 0 Å². The normalized spacial score (nSPS) is 11.5. The Labute approximate surface area is 78.3 Å². The molecule has 0 heterocycles. The van der Waals surface area contributed by atoms with Crippen molar-refractivity contribution in [2.75, 3.05) is 0 Å². The van der Waals surface area contributed by atoms with Crippen molar-refractivity contribution >= 4 is 9.24 Å². The zero-order valence-electron chi connectivity index (χ0n) is 7.47. The van der Waals surface area contributed by atoms with E-state index in [-0.39, 0.29) is 5.75 Å². The minimum absolute atomic E-state index is 0.214. The van der Waals surface area contributed by atoms with Gasteiger partial charge in [-0.15, -0.1) is 0 Å². The molecule has 0 spiro atoms. The number of alkyl halides is 2. The van der Waals surface area contributed by atoms with Gasteiger partial charge in [0.25, 0.3) is 0 Å². The Kier molecular flexibility index (Phi) is 2.87. The van der Waals surface area contributed by atoms with Crippen molar-refractivity contribution in [3.8, 4) is 5.75 Å². The fourth-order valence-corrected chi connectivity index (χ4v) is 1.19. The minimum atomic E-state index is -3.19. The number of ether oxygens (including phenoxy) is 1. The van der Waals surface area contributed by atoms with Crippen LogP contribution >= 0.6 is 9.24 Å². The number of rotatable bonds is 2. The molecule has 0 N–H and O–H groups in total. The van der Waals surface area contributed by atoms with Crippen LogP contribution in [0.5, 0.6) is 5.75 Å². The van der Waals surface area contributed by atoms with E-state index in [1.807, 2.05) is 6.92 Å². The van der Waals surface area contributed by atoms with Gasteiger partial charge < -0.3 is 4.74 Å². The van der Waals surface area contributed by atoms with Gasteiger partial charge in [0.05, 0.1) is 0 Å². The maximum absolute atomic E-state index is 12.4. The molecule has 1 atom stereocenters. The molecule has 0 aliphatic carbocycles. The summed E-state index contributed by atoms with van der Waals surface area (Å²) in [5.74, 6) is -2.98. The van der Waals surface area contributed by atoms with Crippen LogP contribution < -0.4 is 4.74 Å². The summed E-state index contributed by atoms with van der Waals surface area (Å²) in [6.45, 7) is 3.63. The zero-order valence-corrected chi connectivity index (χ0v) is 8.63. The zero-order chi connectivity index (χ0) is 10.1. The van der Waals surface area contributed by atoms with Gasteiger partial charge >= 0.3 is 5.85 Å². The lowest BCUT2D eigenvalue weighted by Gasteiger charge is -2.14. The lowest BCUT2D eigenvalue weighted by Crippen LogP contribution is -2.15. The van der Waals surface area contributed by atoms with Gasteiger partial charge in [-0.3, -0.25) is 0 Å². The standard InChI is InChI=1S/C9H11F2OP/c1-6-3-4-8(7(2)5-6)12-9(10,11)13/h3-5H,13H2,1-2H3. The third-order valence-corrected chi connectivity index (χ3v) is 1.69. The van der Waals surface area contributed by atoms with Gasteiger partial charge in [0.15, 0.2) is 0 Å². The van der Waals surface area contributed by atoms with Crippen LogP contribution in [-0.4, -0.2) is 5.85 Å². The average molecular weight is 204 g/mol. The Bertz CT molecular complexity index is 307. The van der Waals surface area contributed by atoms with E-state index in [1.54, 1.807) is 25.1 Å². The predicted molar refractivity (Wildman–Crippen MR) is 51.2 cm³/mol. The van der Waals surface area contributed by atoms with Crippen molar-refractivity contribution in [1.29, 1.82) is 0 Å². The molecule has 1 unspecified atom stereocenters. The smallest absolute Gasteiger partial charge is 0.408 e. The molecule has 0 radical (unpaired) electrons. The molecule has 1 aromatic rings. The van der Waals surface area contributed by atoms with Crippen LogP contribution in [0.4, 0.5) is 8.78 Å². The Morgan fingerprint density at radius 3 is 2.38 bits per heavy atom. The Morgan fingerprint density at radius 2 is 1.92 bits per heavy atom. The second-order valence-electron chi connectivity index (χ2n) is 2.93. The van der Waals surface area contributed by atoms with Crippen LogP contribution in [0, 0.1) is 13.8 Å². The fraction of sp³-hybridized carbons (Fsp3) is 0.333. The largest absolute Gasteiger partial charge is 0.430 e. The second-order valence-corrected chi connectivity index (χ2v) is 3.60. The first kappa shape index (κ1) is 10.4. The molecule has 72 valence electrons. The minimum Gasteiger partial charge on any atom is -0.430 e. The topological polar surface area (TPSA) is 9.23 Å². The molecule has 0 amide bonds. The third kappa shape index (κ3) is 3.27. The first-order valence-electron chi connectivity index (χ1n) is 3.81. The van der Waals surface area contributed by atoms with Gasteiger partial charge in [0, 0.05) is 0 Å². The molecular formula is C9H11F2OP. The summed E-state index contributed by atoms with van der Waals surface area (Å²) >= 11 is 0. The molecule has 0 aliphatic rings. The van der Waals surface area contributed by atoms with Gasteiger partial charge in [-0.1, -0.05) is 17.7 Å². The van der Waals surface area contributed by atoms with E-state index in [0.717, 1.165) is 5.56 Å². The SMILES string of the molecule is Cc1ccc(OC(F)(F)P)c(C)c1. The molecule has 13 heavy (non-hydrogen) atoms. The van der Waals surface area contributed by atoms with Gasteiger partial charge in [-0.2, -0.15) is 8.78 Å². The lowest BCUT2D eigenvalue weighted by atomic mass is 10.1. The molecule has 1 aromatic carbocycles. The molecule has 4 heteroatoms. The van der Waals surface area contributed by atoms with Crippen molar-refractivity contribution in [2.24, 2.45) is 0 Å². The van der Waals surface area contributed by atoms with E-state index in [9.17, 15) is 8.78 Å². The second kappa shape index (κ2) is 3.59. The maximum Gasteiger partial charge on any atom is 0.408 e. The van der Waals surface area contributed by atoms with Gasteiger partial charge in [0.1, 0.15) is 5.75 Å². The number of benzene rings is 1. The molecule has 0 aromatic heterocycles. The highest BCUT2D eigenvalue weighted by molar-refractivity contribution is 7.17. The summed E-state index contributed by atoms with van der Waals surface area (Å²) in [5.41, 5.74) is 1.74. The molecule has 0 saturated heterocycles. The maximum atomic E-state index is 12.4. The number of hydrogen-bond donors (Lipinski definition) is 0. The summed E-state index contributed by atoms with van der Waals surface area (Å²) in [6.07, 6.45) is 0. The summed E-state index contributed by atoms with van der Waals surface area (Å²) in [4.78, 5) is 0. The molecule has 0 fully saturated rings. The molecule has 1 nitrogen and oxygen atoms in total. The fourth-order valence-electron chi connectivity index (χ4n) is 1.06. The average Bonchev–Trinajstić information content (AvgIpc) is 1.93. The Hall–Kier alpha value is -0.690. The van der Waals surface area contributed by atoms with E-state index in [1.165, 1.54) is 9.24 Å². The molecule has 0 aliphatic heterocycles. The third-order valence-electron chi connectivity index (χ3n) is 1.58. The first-order chi connectivity index (χ1) is 5.88. The van der Waals surface area contributed by atoms with E-state index in [2.05, 4.69) is 4.74 Å². The molecule has 1 rings (SSSR count). The quantitative estimate of drug-likeness (QED) is 0.672. The first-order valence-corrected chi connectivity index (χ1v) is 4.39. The number of halogens is 2. The summed E-state index contributed by atoms with van der Waals surface area (Å²) in [7, 11) is 1.34. The van der Waals surface area contributed by atoms with Gasteiger partial charge in [-0.05, 0) is 34.7 Å². The van der Waals surface area contributed by atoms with Crippen molar-refractivity contribution in [2.45, 2.75) is 19.7 Å². The van der Waals surface area contributed by atoms with Crippen LogP contribution in [-0.2, 0) is 0 Å². The van der Waals surface area contributed by atoms with Gasteiger partial charge in [0.2, 0.25) is 0 Å². The lowest BCUT2D eigenvalue weighted by molar-refractivity contribution is -0.0896. The summed E-state index contributed by atoms with van der Waals surface area (Å²) in [5, 5.41) is 0. The van der Waals surface area contributed by atoms with Crippen molar-refractivity contribution in [3.63, 3.8) is 0 Å². The number of aryl methyl sites for hydroxylation is 2. The predicted octanol–water partition coefficient (Wildman–Crippen LogP) is 3.11. The highest BCUT2D eigenvalue weighted by Crippen LogP contribution is 2.29. The van der Waals surface area contributed by atoms with Crippen molar-refractivity contribution in [1.82, 2.24) is 0 Å². The molecule has 0 saturated carbocycles. The van der Waals surface area contributed by atoms with Crippen molar-refractivity contribution in [3.05, 3.63) is 29.3 Å². The van der Waals surface area contributed by atoms with E-state index >= 15 is 0 Å². The van der Waals surface area contributed by atoms with Crippen LogP contribution in [0.2, 0.25) is 0 Å². The van der Waals surface area contributed by atoms with Crippen molar-refractivity contribution < 1.29 is 13.5 Å². The summed E-state index contributed by atoms with van der Waals surface area (Å²) in [6, 6.07) is 5.08.